The summed E-state index contributed by atoms with van der Waals surface area (Å²) in [6.45, 7) is 7.81. The van der Waals surface area contributed by atoms with Crippen molar-refractivity contribution < 1.29 is 19.2 Å². The van der Waals surface area contributed by atoms with Gasteiger partial charge in [-0.1, -0.05) is 6.07 Å². The van der Waals surface area contributed by atoms with Crippen LogP contribution >= 0.6 is 0 Å². The average Bonchev–Trinajstić information content (AvgIpc) is 2.47. The van der Waals surface area contributed by atoms with Crippen LogP contribution in [-0.4, -0.2) is 29.4 Å². The lowest BCUT2D eigenvalue weighted by atomic mass is 9.77. The Morgan fingerprint density at radius 1 is 1.21 bits per heavy atom. The van der Waals surface area contributed by atoms with Gasteiger partial charge in [0.05, 0.1) is 16.8 Å². The molecule has 0 aliphatic carbocycles. The van der Waals surface area contributed by atoms with E-state index in [0.29, 0.717) is 11.2 Å². The van der Waals surface area contributed by atoms with Gasteiger partial charge in [-0.05, 0) is 39.8 Å². The number of hydrogen-bond acceptors (Lipinski definition) is 4. The third-order valence-electron chi connectivity index (χ3n) is 3.84. The summed E-state index contributed by atoms with van der Waals surface area (Å²) in [7, 11) is -0.576. The highest BCUT2D eigenvalue weighted by Crippen LogP contribution is 2.36. The Bertz CT molecular complexity index is 511. The molecule has 0 aromatic heterocycles. The van der Waals surface area contributed by atoms with Crippen LogP contribution in [0, 0.1) is 0 Å². The topological polar surface area (TPSA) is 81.8 Å². The molecular formula is C13H18BNO4. The fraction of sp³-hybridized carbons (Fsp3) is 0.462. The highest BCUT2D eigenvalue weighted by molar-refractivity contribution is 6.63. The first-order valence-electron chi connectivity index (χ1n) is 6.12. The van der Waals surface area contributed by atoms with Gasteiger partial charge in [0.15, 0.2) is 0 Å². The van der Waals surface area contributed by atoms with E-state index in [0.717, 1.165) is 0 Å². The molecule has 1 heterocycles. The van der Waals surface area contributed by atoms with Gasteiger partial charge in [0.2, 0.25) is 0 Å². The minimum Gasteiger partial charge on any atom is -0.478 e. The van der Waals surface area contributed by atoms with Crippen molar-refractivity contribution in [1.29, 1.82) is 0 Å². The lowest BCUT2D eigenvalue weighted by molar-refractivity contribution is 0.00578. The predicted octanol–water partition coefficient (Wildman–Crippen LogP) is 1.27. The van der Waals surface area contributed by atoms with Crippen molar-refractivity contribution >= 4 is 24.2 Å². The van der Waals surface area contributed by atoms with Crippen molar-refractivity contribution in [2.24, 2.45) is 0 Å². The maximum Gasteiger partial charge on any atom is 0.496 e. The van der Waals surface area contributed by atoms with Gasteiger partial charge in [0, 0.05) is 11.2 Å². The molecule has 1 aromatic rings. The molecule has 1 fully saturated rings. The zero-order valence-electron chi connectivity index (χ0n) is 11.6. The Morgan fingerprint density at radius 2 is 1.74 bits per heavy atom. The van der Waals surface area contributed by atoms with Crippen molar-refractivity contribution in [3.63, 3.8) is 0 Å². The van der Waals surface area contributed by atoms with E-state index in [1.165, 1.54) is 12.1 Å². The van der Waals surface area contributed by atoms with Crippen LogP contribution < -0.4 is 11.2 Å². The SMILES string of the molecule is CC1(C)OB(c2ccc(C(=O)O)cc2N)OC1(C)C. The Balaban J connectivity index is 2.33. The fourth-order valence-electron chi connectivity index (χ4n) is 1.89. The summed E-state index contributed by atoms with van der Waals surface area (Å²) in [4.78, 5) is 10.9. The molecule has 0 saturated carbocycles. The molecule has 1 aromatic carbocycles. The molecule has 0 spiro atoms. The van der Waals surface area contributed by atoms with Crippen LogP contribution in [-0.2, 0) is 9.31 Å². The van der Waals surface area contributed by atoms with Gasteiger partial charge in [0.1, 0.15) is 0 Å². The quantitative estimate of drug-likeness (QED) is 0.620. The second-order valence-corrected chi connectivity index (χ2v) is 5.74. The number of carboxylic acid groups (broad SMARTS) is 1. The normalized spacial score (nSPS) is 20.5. The minimum atomic E-state index is -1.01. The third-order valence-corrected chi connectivity index (χ3v) is 3.84. The smallest absolute Gasteiger partial charge is 0.478 e. The van der Waals surface area contributed by atoms with E-state index < -0.39 is 24.3 Å². The van der Waals surface area contributed by atoms with Crippen molar-refractivity contribution in [1.82, 2.24) is 0 Å². The van der Waals surface area contributed by atoms with E-state index in [4.69, 9.17) is 20.1 Å². The van der Waals surface area contributed by atoms with Crippen LogP contribution in [0.4, 0.5) is 5.69 Å². The number of nitrogen functional groups attached to an aromatic ring is 1. The first-order chi connectivity index (χ1) is 8.64. The molecule has 0 unspecified atom stereocenters. The Morgan fingerprint density at radius 3 is 2.16 bits per heavy atom. The molecule has 0 radical (unpaired) electrons. The maximum atomic E-state index is 10.9. The van der Waals surface area contributed by atoms with Gasteiger partial charge in [-0.2, -0.15) is 0 Å². The van der Waals surface area contributed by atoms with Crippen molar-refractivity contribution in [2.45, 2.75) is 38.9 Å². The number of carboxylic acids is 1. The van der Waals surface area contributed by atoms with E-state index in [9.17, 15) is 4.79 Å². The van der Waals surface area contributed by atoms with Crippen molar-refractivity contribution in [3.8, 4) is 0 Å². The summed E-state index contributed by atoms with van der Waals surface area (Å²) in [5.41, 5.74) is 6.16. The monoisotopic (exact) mass is 263 g/mol. The van der Waals surface area contributed by atoms with E-state index in [-0.39, 0.29) is 5.56 Å². The number of hydrogen-bond donors (Lipinski definition) is 2. The van der Waals surface area contributed by atoms with Crippen LogP contribution in [0.5, 0.6) is 0 Å². The summed E-state index contributed by atoms with van der Waals surface area (Å²) in [5, 5.41) is 8.91. The minimum absolute atomic E-state index is 0.151. The zero-order valence-corrected chi connectivity index (χ0v) is 11.6. The molecule has 3 N–H and O–H groups in total. The average molecular weight is 263 g/mol. The molecule has 1 saturated heterocycles. The van der Waals surface area contributed by atoms with E-state index in [1.807, 2.05) is 27.7 Å². The van der Waals surface area contributed by atoms with Crippen LogP contribution in [0.1, 0.15) is 38.1 Å². The molecule has 0 bridgehead atoms. The van der Waals surface area contributed by atoms with Crippen molar-refractivity contribution in [2.75, 3.05) is 5.73 Å². The largest absolute Gasteiger partial charge is 0.496 e. The lowest BCUT2D eigenvalue weighted by Crippen LogP contribution is -2.41. The fourth-order valence-corrected chi connectivity index (χ4v) is 1.89. The molecule has 19 heavy (non-hydrogen) atoms. The molecule has 0 amide bonds. The second kappa shape index (κ2) is 4.25. The number of benzene rings is 1. The number of carbonyl (C=O) groups is 1. The molecule has 1 aliphatic heterocycles. The third kappa shape index (κ3) is 2.33. The first-order valence-corrected chi connectivity index (χ1v) is 6.12. The Kier molecular flexibility index (Phi) is 3.11. The number of rotatable bonds is 2. The summed E-state index contributed by atoms with van der Waals surface area (Å²) >= 11 is 0. The van der Waals surface area contributed by atoms with Crippen molar-refractivity contribution in [3.05, 3.63) is 23.8 Å². The predicted molar refractivity (Wildman–Crippen MR) is 73.5 cm³/mol. The molecule has 5 nitrogen and oxygen atoms in total. The van der Waals surface area contributed by atoms with E-state index >= 15 is 0 Å². The number of aromatic carboxylic acids is 1. The molecule has 1 aliphatic rings. The Hall–Kier alpha value is -1.53. The van der Waals surface area contributed by atoms with Gasteiger partial charge >= 0.3 is 13.1 Å². The van der Waals surface area contributed by atoms with Gasteiger partial charge in [0.25, 0.3) is 0 Å². The van der Waals surface area contributed by atoms with Crippen LogP contribution in [0.25, 0.3) is 0 Å². The standard InChI is InChI=1S/C13H18BNO4/c1-12(2)13(3,4)19-14(18-12)9-6-5-8(11(16)17)7-10(9)15/h5-7H,15H2,1-4H3,(H,16,17). The zero-order chi connectivity index (χ0) is 14.4. The summed E-state index contributed by atoms with van der Waals surface area (Å²) in [5.74, 6) is -1.01. The Labute approximate surface area is 112 Å². The highest BCUT2D eigenvalue weighted by Gasteiger charge is 2.52. The summed E-state index contributed by atoms with van der Waals surface area (Å²) < 4.78 is 11.8. The van der Waals surface area contributed by atoms with E-state index in [1.54, 1.807) is 6.07 Å². The van der Waals surface area contributed by atoms with E-state index in [2.05, 4.69) is 0 Å². The maximum absolute atomic E-state index is 10.9. The summed E-state index contributed by atoms with van der Waals surface area (Å²) in [6.07, 6.45) is 0. The molecular weight excluding hydrogens is 245 g/mol. The van der Waals surface area contributed by atoms with Crippen LogP contribution in [0.2, 0.25) is 0 Å². The number of anilines is 1. The number of nitrogens with two attached hydrogens (primary N) is 1. The molecule has 102 valence electrons. The van der Waals surface area contributed by atoms with Gasteiger partial charge in [-0.15, -0.1) is 0 Å². The van der Waals surface area contributed by atoms with Gasteiger partial charge < -0.3 is 20.1 Å². The van der Waals surface area contributed by atoms with Gasteiger partial charge in [-0.3, -0.25) is 0 Å². The van der Waals surface area contributed by atoms with Gasteiger partial charge in [-0.25, -0.2) is 4.79 Å². The molecule has 6 heteroatoms. The highest BCUT2D eigenvalue weighted by atomic mass is 16.7. The molecule has 2 rings (SSSR count). The van der Waals surface area contributed by atoms with Crippen LogP contribution in [0.3, 0.4) is 0 Å². The first kappa shape index (κ1) is 13.9. The second-order valence-electron chi connectivity index (χ2n) is 5.74. The lowest BCUT2D eigenvalue weighted by Gasteiger charge is -2.32. The summed E-state index contributed by atoms with van der Waals surface area (Å²) in [6, 6.07) is 4.56. The molecule has 0 atom stereocenters. The van der Waals surface area contributed by atoms with Crippen LogP contribution in [0.15, 0.2) is 18.2 Å².